The largest absolute Gasteiger partial charge is 0.309 e. The first-order valence-corrected chi connectivity index (χ1v) is 3.35. The summed E-state index contributed by atoms with van der Waals surface area (Å²) in [5.41, 5.74) is 2.45. The molecule has 0 aromatic heterocycles. The number of hydrogen-bond acceptors (Lipinski definition) is 2. The van der Waals surface area contributed by atoms with E-state index in [0.717, 1.165) is 13.1 Å². The molecule has 0 aliphatic carbocycles. The Morgan fingerprint density at radius 3 is 2.90 bits per heavy atom. The maximum Gasteiger partial charge on any atom is 0.0277 e. The SMILES string of the molecule is C=C1CNC/C1=C/C=NC. The van der Waals surface area contributed by atoms with Crippen LogP contribution in [0.2, 0.25) is 0 Å². The second-order valence-electron chi connectivity index (χ2n) is 2.31. The van der Waals surface area contributed by atoms with Crippen molar-refractivity contribution in [1.29, 1.82) is 0 Å². The topological polar surface area (TPSA) is 24.4 Å². The van der Waals surface area contributed by atoms with Gasteiger partial charge in [-0.25, -0.2) is 0 Å². The van der Waals surface area contributed by atoms with Crippen LogP contribution in [-0.4, -0.2) is 26.4 Å². The van der Waals surface area contributed by atoms with Crippen LogP contribution in [0.3, 0.4) is 0 Å². The van der Waals surface area contributed by atoms with E-state index in [4.69, 9.17) is 0 Å². The van der Waals surface area contributed by atoms with E-state index in [9.17, 15) is 0 Å². The quantitative estimate of drug-likeness (QED) is 0.529. The molecule has 1 saturated heterocycles. The third-order valence-corrected chi connectivity index (χ3v) is 1.53. The Morgan fingerprint density at radius 1 is 1.60 bits per heavy atom. The van der Waals surface area contributed by atoms with E-state index in [-0.39, 0.29) is 0 Å². The molecule has 1 aliphatic heterocycles. The van der Waals surface area contributed by atoms with Crippen molar-refractivity contribution in [3.05, 3.63) is 23.8 Å². The standard InChI is InChI=1S/C8H12N2/c1-7-5-10-6-8(7)3-4-9-2/h3-4,10H,1,5-6H2,2H3/b8-3-,9-4?. The van der Waals surface area contributed by atoms with Gasteiger partial charge in [-0.15, -0.1) is 0 Å². The number of rotatable bonds is 1. The van der Waals surface area contributed by atoms with Crippen LogP contribution >= 0.6 is 0 Å². The van der Waals surface area contributed by atoms with Gasteiger partial charge in [0.05, 0.1) is 0 Å². The molecule has 10 heavy (non-hydrogen) atoms. The van der Waals surface area contributed by atoms with Gasteiger partial charge in [-0.2, -0.15) is 0 Å². The minimum Gasteiger partial charge on any atom is -0.309 e. The van der Waals surface area contributed by atoms with Gasteiger partial charge in [0.1, 0.15) is 0 Å². The first-order chi connectivity index (χ1) is 4.84. The van der Waals surface area contributed by atoms with Crippen molar-refractivity contribution in [2.24, 2.45) is 4.99 Å². The minimum atomic E-state index is 0.920. The Hall–Kier alpha value is -0.890. The third-order valence-electron chi connectivity index (χ3n) is 1.53. The molecule has 2 heteroatoms. The van der Waals surface area contributed by atoms with Crippen LogP contribution in [0.1, 0.15) is 0 Å². The molecular weight excluding hydrogens is 124 g/mol. The summed E-state index contributed by atoms with van der Waals surface area (Å²) in [6, 6.07) is 0. The van der Waals surface area contributed by atoms with Crippen molar-refractivity contribution >= 4 is 6.21 Å². The zero-order chi connectivity index (χ0) is 7.40. The molecule has 0 aromatic carbocycles. The average Bonchev–Trinajstić information content (AvgIpc) is 2.31. The summed E-state index contributed by atoms with van der Waals surface area (Å²) in [6.07, 6.45) is 3.80. The molecule has 0 radical (unpaired) electrons. The van der Waals surface area contributed by atoms with Crippen LogP contribution in [-0.2, 0) is 0 Å². The zero-order valence-corrected chi connectivity index (χ0v) is 6.22. The van der Waals surface area contributed by atoms with E-state index in [1.807, 2.05) is 6.08 Å². The van der Waals surface area contributed by atoms with Crippen molar-refractivity contribution in [3.8, 4) is 0 Å². The molecule has 1 fully saturated rings. The maximum absolute atomic E-state index is 3.90. The van der Waals surface area contributed by atoms with E-state index in [2.05, 4.69) is 16.9 Å². The fraction of sp³-hybridized carbons (Fsp3) is 0.375. The van der Waals surface area contributed by atoms with Gasteiger partial charge in [0, 0.05) is 26.4 Å². The molecule has 0 unspecified atom stereocenters. The first kappa shape index (κ1) is 7.22. The highest BCUT2D eigenvalue weighted by molar-refractivity contribution is 5.73. The summed E-state index contributed by atoms with van der Waals surface area (Å²) in [5, 5.41) is 3.20. The molecule has 0 aromatic rings. The second kappa shape index (κ2) is 3.32. The van der Waals surface area contributed by atoms with E-state index in [1.165, 1.54) is 11.1 Å². The fourth-order valence-electron chi connectivity index (χ4n) is 0.928. The average molecular weight is 136 g/mol. The van der Waals surface area contributed by atoms with Crippen LogP contribution in [0.4, 0.5) is 0 Å². The summed E-state index contributed by atoms with van der Waals surface area (Å²) in [5.74, 6) is 0. The van der Waals surface area contributed by atoms with Crippen LogP contribution in [0.15, 0.2) is 28.8 Å². The van der Waals surface area contributed by atoms with Crippen molar-refractivity contribution in [2.75, 3.05) is 20.1 Å². The summed E-state index contributed by atoms with van der Waals surface area (Å²) in [7, 11) is 1.77. The first-order valence-electron chi connectivity index (χ1n) is 3.35. The molecule has 0 bridgehead atoms. The second-order valence-corrected chi connectivity index (χ2v) is 2.31. The lowest BCUT2D eigenvalue weighted by atomic mass is 10.1. The predicted octanol–water partition coefficient (Wildman–Crippen LogP) is 0.773. The lowest BCUT2D eigenvalue weighted by Crippen LogP contribution is -2.04. The van der Waals surface area contributed by atoms with Crippen molar-refractivity contribution < 1.29 is 0 Å². The molecule has 0 spiro atoms. The van der Waals surface area contributed by atoms with Gasteiger partial charge in [-0.05, 0) is 17.2 Å². The fourth-order valence-corrected chi connectivity index (χ4v) is 0.928. The summed E-state index contributed by atoms with van der Waals surface area (Å²) < 4.78 is 0. The zero-order valence-electron chi connectivity index (χ0n) is 6.22. The maximum atomic E-state index is 3.90. The van der Waals surface area contributed by atoms with Gasteiger partial charge in [-0.1, -0.05) is 6.58 Å². The van der Waals surface area contributed by atoms with Crippen molar-refractivity contribution in [3.63, 3.8) is 0 Å². The van der Waals surface area contributed by atoms with Crippen molar-refractivity contribution in [1.82, 2.24) is 5.32 Å². The number of aliphatic imine (C=N–C) groups is 1. The van der Waals surface area contributed by atoms with Gasteiger partial charge in [0.2, 0.25) is 0 Å². The highest BCUT2D eigenvalue weighted by Gasteiger charge is 2.08. The monoisotopic (exact) mass is 136 g/mol. The summed E-state index contributed by atoms with van der Waals surface area (Å²) in [6.45, 7) is 5.75. The molecule has 1 heterocycles. The minimum absolute atomic E-state index is 0.920. The van der Waals surface area contributed by atoms with Gasteiger partial charge in [0.15, 0.2) is 0 Å². The van der Waals surface area contributed by atoms with Gasteiger partial charge in [-0.3, -0.25) is 4.99 Å². The highest BCUT2D eigenvalue weighted by atomic mass is 14.9. The van der Waals surface area contributed by atoms with E-state index < -0.39 is 0 Å². The number of nitrogens with one attached hydrogen (secondary N) is 1. The molecular formula is C8H12N2. The number of hydrogen-bond donors (Lipinski definition) is 1. The van der Waals surface area contributed by atoms with Gasteiger partial charge < -0.3 is 5.32 Å². The smallest absolute Gasteiger partial charge is 0.0277 e. The molecule has 0 saturated carbocycles. The van der Waals surface area contributed by atoms with Crippen LogP contribution < -0.4 is 5.32 Å². The molecule has 1 aliphatic rings. The number of allylic oxidation sites excluding steroid dienone is 1. The van der Waals surface area contributed by atoms with E-state index in [1.54, 1.807) is 13.3 Å². The van der Waals surface area contributed by atoms with Crippen LogP contribution in [0.25, 0.3) is 0 Å². The molecule has 2 nitrogen and oxygen atoms in total. The predicted molar refractivity (Wildman–Crippen MR) is 44.5 cm³/mol. The van der Waals surface area contributed by atoms with E-state index in [0.29, 0.717) is 0 Å². The lowest BCUT2D eigenvalue weighted by molar-refractivity contribution is 0.896. The van der Waals surface area contributed by atoms with Crippen LogP contribution in [0.5, 0.6) is 0 Å². The van der Waals surface area contributed by atoms with E-state index >= 15 is 0 Å². The normalized spacial score (nSPS) is 23.3. The molecule has 0 atom stereocenters. The molecule has 54 valence electrons. The molecule has 1 rings (SSSR count). The summed E-state index contributed by atoms with van der Waals surface area (Å²) >= 11 is 0. The number of nitrogens with zero attached hydrogens (tertiary/aromatic N) is 1. The van der Waals surface area contributed by atoms with Crippen LogP contribution in [0, 0.1) is 0 Å². The van der Waals surface area contributed by atoms with Gasteiger partial charge in [0.25, 0.3) is 0 Å². The Bertz CT molecular complexity index is 189. The Labute approximate surface area is 61.4 Å². The van der Waals surface area contributed by atoms with Gasteiger partial charge >= 0.3 is 0 Å². The Balaban J connectivity index is 2.62. The molecule has 0 amide bonds. The Kier molecular flexibility index (Phi) is 2.40. The molecule has 1 N–H and O–H groups in total. The highest BCUT2D eigenvalue weighted by Crippen LogP contribution is 2.10. The Morgan fingerprint density at radius 2 is 2.40 bits per heavy atom. The van der Waals surface area contributed by atoms with Crippen molar-refractivity contribution in [2.45, 2.75) is 0 Å². The lowest BCUT2D eigenvalue weighted by Gasteiger charge is -1.90. The third kappa shape index (κ3) is 1.54. The summed E-state index contributed by atoms with van der Waals surface area (Å²) in [4.78, 5) is 3.86.